The van der Waals surface area contributed by atoms with E-state index in [2.05, 4.69) is 15.6 Å². The van der Waals surface area contributed by atoms with Gasteiger partial charge in [0.25, 0.3) is 0 Å². The van der Waals surface area contributed by atoms with Gasteiger partial charge in [0.1, 0.15) is 5.60 Å². The monoisotopic (exact) mass is 389 g/mol. The van der Waals surface area contributed by atoms with E-state index in [1.807, 2.05) is 57.5 Å². The highest BCUT2D eigenvalue weighted by Crippen LogP contribution is 2.21. The molecule has 1 fully saturated rings. The molecule has 1 amide bonds. The van der Waals surface area contributed by atoms with Crippen LogP contribution in [0.5, 0.6) is 0 Å². The number of rotatable bonds is 3. The van der Waals surface area contributed by atoms with Crippen molar-refractivity contribution >= 4 is 34.4 Å². The lowest BCUT2D eigenvalue weighted by atomic mass is 10.1. The van der Waals surface area contributed by atoms with Gasteiger partial charge in [0.2, 0.25) is 0 Å². The van der Waals surface area contributed by atoms with Crippen LogP contribution in [0.25, 0.3) is 0 Å². The van der Waals surface area contributed by atoms with Gasteiger partial charge in [-0.15, -0.1) is 0 Å². The Balaban J connectivity index is 1.95. The van der Waals surface area contributed by atoms with Gasteiger partial charge in [0.05, 0.1) is 5.69 Å². The predicted octanol–water partition coefficient (Wildman–Crippen LogP) is 3.92. The number of nitrogens with zero attached hydrogens (tertiary/aromatic N) is 3. The number of carbonyl (C=O) groups excluding carboxylic acids is 1. The first kappa shape index (κ1) is 20.9. The molecule has 0 saturated carbocycles. The summed E-state index contributed by atoms with van der Waals surface area (Å²) in [6.07, 6.45) is 5.42. The third kappa shape index (κ3) is 7.02. The highest BCUT2D eigenvalue weighted by molar-refractivity contribution is 8.13. The van der Waals surface area contributed by atoms with Crippen LogP contribution in [0.1, 0.15) is 33.6 Å². The van der Waals surface area contributed by atoms with Crippen LogP contribution >= 0.6 is 11.8 Å². The number of hydrogen-bond acceptors (Lipinski definition) is 6. The van der Waals surface area contributed by atoms with Crippen LogP contribution in [-0.2, 0) is 4.74 Å². The summed E-state index contributed by atoms with van der Waals surface area (Å²) < 4.78 is 5.47. The molecule has 146 valence electrons. The molecule has 0 aromatic heterocycles. The SMILES string of the molecule is CSC(=Nc1ccc(NC2CCCN(C(=O)OC(C)(C)C)C2)cc1)NC#N. The normalized spacial score (nSPS) is 17.8. The summed E-state index contributed by atoms with van der Waals surface area (Å²) in [5, 5.41) is 15.3. The Kier molecular flexibility index (Phi) is 7.36. The number of nitrogens with one attached hydrogen (secondary N) is 2. The van der Waals surface area contributed by atoms with Crippen molar-refractivity contribution in [1.29, 1.82) is 5.26 Å². The third-order valence-corrected chi connectivity index (χ3v) is 4.48. The molecule has 1 saturated heterocycles. The highest BCUT2D eigenvalue weighted by Gasteiger charge is 2.27. The lowest BCUT2D eigenvalue weighted by Crippen LogP contribution is -2.46. The molecule has 7 nitrogen and oxygen atoms in total. The van der Waals surface area contributed by atoms with Crippen LogP contribution in [0.15, 0.2) is 29.3 Å². The topological polar surface area (TPSA) is 89.8 Å². The summed E-state index contributed by atoms with van der Waals surface area (Å²) in [7, 11) is 0. The minimum atomic E-state index is -0.482. The number of nitriles is 1. The van der Waals surface area contributed by atoms with E-state index in [9.17, 15) is 4.79 Å². The van der Waals surface area contributed by atoms with Gasteiger partial charge >= 0.3 is 6.09 Å². The Morgan fingerprint density at radius 1 is 1.37 bits per heavy atom. The second-order valence-electron chi connectivity index (χ2n) is 7.31. The van der Waals surface area contributed by atoms with E-state index in [0.29, 0.717) is 11.7 Å². The van der Waals surface area contributed by atoms with E-state index in [1.165, 1.54) is 11.8 Å². The third-order valence-electron chi connectivity index (χ3n) is 3.90. The van der Waals surface area contributed by atoms with Crippen LogP contribution in [0.3, 0.4) is 0 Å². The predicted molar refractivity (Wildman–Crippen MR) is 110 cm³/mol. The minimum absolute atomic E-state index is 0.183. The molecule has 1 aliphatic heterocycles. The Morgan fingerprint density at radius 3 is 2.67 bits per heavy atom. The Bertz CT molecular complexity index is 706. The highest BCUT2D eigenvalue weighted by atomic mass is 32.2. The summed E-state index contributed by atoms with van der Waals surface area (Å²) >= 11 is 1.38. The molecule has 1 aromatic carbocycles. The standard InChI is InChI=1S/C19H27N5O2S/c1-19(2,3)26-18(25)24-11-5-6-16(12-24)22-14-7-9-15(10-8-14)23-17(27-4)21-13-20/h7-10,16,22H,5-6,11-12H2,1-4H3,(H,21,23). The Hall–Kier alpha value is -2.40. The van der Waals surface area contributed by atoms with E-state index in [4.69, 9.17) is 10.00 Å². The van der Waals surface area contributed by atoms with Crippen LogP contribution in [0.2, 0.25) is 0 Å². The van der Waals surface area contributed by atoms with Gasteiger partial charge < -0.3 is 15.0 Å². The maximum absolute atomic E-state index is 12.3. The van der Waals surface area contributed by atoms with Gasteiger partial charge in [-0.25, -0.2) is 9.79 Å². The van der Waals surface area contributed by atoms with Crippen molar-refractivity contribution < 1.29 is 9.53 Å². The molecule has 0 spiro atoms. The number of amides is 1. The van der Waals surface area contributed by atoms with Gasteiger partial charge in [0, 0.05) is 24.8 Å². The average molecular weight is 390 g/mol. The first-order chi connectivity index (χ1) is 12.8. The minimum Gasteiger partial charge on any atom is -0.444 e. The maximum Gasteiger partial charge on any atom is 0.410 e. The van der Waals surface area contributed by atoms with E-state index < -0.39 is 5.60 Å². The number of amidine groups is 1. The second kappa shape index (κ2) is 9.51. The van der Waals surface area contributed by atoms with Crippen LogP contribution in [-0.4, -0.2) is 47.1 Å². The molecule has 1 atom stereocenters. The molecule has 1 aliphatic rings. The second-order valence-corrected chi connectivity index (χ2v) is 8.11. The summed E-state index contributed by atoms with van der Waals surface area (Å²) in [6.45, 7) is 6.98. The summed E-state index contributed by atoms with van der Waals surface area (Å²) in [5.41, 5.74) is 1.26. The number of piperidine rings is 1. The average Bonchev–Trinajstić information content (AvgIpc) is 2.62. The van der Waals surface area contributed by atoms with E-state index >= 15 is 0 Å². The molecule has 0 bridgehead atoms. The molecule has 2 rings (SSSR count). The van der Waals surface area contributed by atoms with E-state index in [1.54, 1.807) is 4.90 Å². The van der Waals surface area contributed by atoms with Gasteiger partial charge in [-0.2, -0.15) is 5.26 Å². The molecule has 8 heteroatoms. The van der Waals surface area contributed by atoms with Gasteiger partial charge in [-0.05, 0) is 64.1 Å². The van der Waals surface area contributed by atoms with Crippen LogP contribution < -0.4 is 10.6 Å². The van der Waals surface area contributed by atoms with Crippen LogP contribution in [0.4, 0.5) is 16.2 Å². The molecule has 0 radical (unpaired) electrons. The molecule has 1 heterocycles. The zero-order chi connectivity index (χ0) is 19.9. The lowest BCUT2D eigenvalue weighted by molar-refractivity contribution is 0.0206. The number of likely N-dealkylation sites (tertiary alicyclic amines) is 1. The zero-order valence-electron chi connectivity index (χ0n) is 16.3. The number of benzene rings is 1. The van der Waals surface area contributed by atoms with E-state index in [-0.39, 0.29) is 12.1 Å². The van der Waals surface area contributed by atoms with Crippen molar-refractivity contribution in [3.05, 3.63) is 24.3 Å². The van der Waals surface area contributed by atoms with Crippen molar-refractivity contribution in [2.45, 2.75) is 45.3 Å². The van der Waals surface area contributed by atoms with Crippen molar-refractivity contribution in [3.63, 3.8) is 0 Å². The van der Waals surface area contributed by atoms with Crippen LogP contribution in [0, 0.1) is 11.5 Å². The fourth-order valence-corrected chi connectivity index (χ4v) is 3.09. The summed E-state index contributed by atoms with van der Waals surface area (Å²) in [6, 6.07) is 7.88. The number of ether oxygens (including phenoxy) is 1. The first-order valence-corrected chi connectivity index (χ1v) is 10.2. The number of aliphatic imine (C=N–C) groups is 1. The van der Waals surface area contributed by atoms with Gasteiger partial charge in [0.15, 0.2) is 11.4 Å². The molecule has 1 aromatic rings. The summed E-state index contributed by atoms with van der Waals surface area (Å²) in [4.78, 5) is 18.4. The smallest absolute Gasteiger partial charge is 0.410 e. The Morgan fingerprint density at radius 2 is 2.07 bits per heavy atom. The quantitative estimate of drug-likeness (QED) is 0.352. The van der Waals surface area contributed by atoms with Crippen molar-refractivity contribution in [1.82, 2.24) is 10.2 Å². The molecular formula is C19H27N5O2S. The molecule has 2 N–H and O–H groups in total. The Labute approximate surface area is 165 Å². The molecule has 1 unspecified atom stereocenters. The maximum atomic E-state index is 12.3. The summed E-state index contributed by atoms with van der Waals surface area (Å²) in [5.74, 6) is 0. The first-order valence-electron chi connectivity index (χ1n) is 8.93. The van der Waals surface area contributed by atoms with Crippen molar-refractivity contribution in [3.8, 4) is 6.19 Å². The number of anilines is 1. The van der Waals surface area contributed by atoms with Crippen molar-refractivity contribution in [2.24, 2.45) is 4.99 Å². The molecule has 27 heavy (non-hydrogen) atoms. The van der Waals surface area contributed by atoms with Gasteiger partial charge in [-0.1, -0.05) is 11.8 Å². The fourth-order valence-electron chi connectivity index (χ4n) is 2.74. The van der Waals surface area contributed by atoms with E-state index in [0.717, 1.165) is 30.8 Å². The number of carbonyl (C=O) groups is 1. The van der Waals surface area contributed by atoms with Crippen molar-refractivity contribution in [2.75, 3.05) is 24.7 Å². The van der Waals surface area contributed by atoms with Gasteiger partial charge in [-0.3, -0.25) is 5.32 Å². The number of thioether (sulfide) groups is 1. The zero-order valence-corrected chi connectivity index (χ0v) is 17.1. The largest absolute Gasteiger partial charge is 0.444 e. The fraction of sp³-hybridized carbons (Fsp3) is 0.526. The lowest BCUT2D eigenvalue weighted by Gasteiger charge is -2.34. The molecule has 0 aliphatic carbocycles. The molecular weight excluding hydrogens is 362 g/mol. The number of hydrogen-bond donors (Lipinski definition) is 2.